The van der Waals surface area contributed by atoms with Crippen LogP contribution in [-0.2, 0) is 16.8 Å². The van der Waals surface area contributed by atoms with E-state index in [-0.39, 0.29) is 5.41 Å². The number of benzene rings is 1. The van der Waals surface area contributed by atoms with Crippen LogP contribution in [0, 0.1) is 0 Å². The summed E-state index contributed by atoms with van der Waals surface area (Å²) in [4.78, 5) is 0. The molecule has 1 fully saturated rings. The van der Waals surface area contributed by atoms with Crippen LogP contribution in [0.3, 0.4) is 0 Å². The Morgan fingerprint density at radius 1 is 1.39 bits per heavy atom. The molecular weight excluding hydrogens is 230 g/mol. The number of methoxy groups -OCH3 is 1. The van der Waals surface area contributed by atoms with E-state index >= 15 is 0 Å². The standard InChI is InChI=1S/C14H19NO3/c1-16-13-5-10-7-17-9-18-12(10)6-11(13)14(8-15)3-2-4-14/h5-6H,2-4,7-9,15H2,1H3. The largest absolute Gasteiger partial charge is 0.496 e. The number of rotatable bonds is 3. The third-order valence-electron chi connectivity index (χ3n) is 4.21. The smallest absolute Gasteiger partial charge is 0.189 e. The number of ether oxygens (including phenoxy) is 3. The zero-order valence-corrected chi connectivity index (χ0v) is 10.7. The van der Waals surface area contributed by atoms with Crippen molar-refractivity contribution in [1.82, 2.24) is 0 Å². The third kappa shape index (κ3) is 1.68. The maximum atomic E-state index is 5.98. The maximum absolute atomic E-state index is 5.98. The van der Waals surface area contributed by atoms with Crippen molar-refractivity contribution in [2.75, 3.05) is 20.4 Å². The van der Waals surface area contributed by atoms with E-state index in [1.807, 2.05) is 6.07 Å². The normalized spacial score (nSPS) is 20.6. The van der Waals surface area contributed by atoms with Crippen molar-refractivity contribution in [3.8, 4) is 11.5 Å². The van der Waals surface area contributed by atoms with E-state index in [1.54, 1.807) is 7.11 Å². The van der Waals surface area contributed by atoms with Crippen LogP contribution >= 0.6 is 0 Å². The molecule has 98 valence electrons. The lowest BCUT2D eigenvalue weighted by atomic mass is 9.64. The molecule has 2 aliphatic rings. The highest BCUT2D eigenvalue weighted by molar-refractivity contribution is 5.51. The molecule has 0 saturated heterocycles. The van der Waals surface area contributed by atoms with Crippen LogP contribution in [-0.4, -0.2) is 20.4 Å². The molecule has 0 bridgehead atoms. The van der Waals surface area contributed by atoms with Gasteiger partial charge in [0.25, 0.3) is 0 Å². The van der Waals surface area contributed by atoms with Crippen LogP contribution in [0.15, 0.2) is 12.1 Å². The summed E-state index contributed by atoms with van der Waals surface area (Å²) in [6.07, 6.45) is 3.51. The van der Waals surface area contributed by atoms with Gasteiger partial charge in [-0.05, 0) is 25.0 Å². The fourth-order valence-electron chi connectivity index (χ4n) is 2.88. The molecule has 4 nitrogen and oxygen atoms in total. The highest BCUT2D eigenvalue weighted by atomic mass is 16.7. The third-order valence-corrected chi connectivity index (χ3v) is 4.21. The Labute approximate surface area is 107 Å². The van der Waals surface area contributed by atoms with Crippen molar-refractivity contribution >= 4 is 0 Å². The summed E-state index contributed by atoms with van der Waals surface area (Å²) in [5, 5.41) is 0. The fraction of sp³-hybridized carbons (Fsp3) is 0.571. The Kier molecular flexibility index (Phi) is 2.92. The van der Waals surface area contributed by atoms with Crippen molar-refractivity contribution in [3.63, 3.8) is 0 Å². The first-order valence-corrected chi connectivity index (χ1v) is 6.41. The van der Waals surface area contributed by atoms with Crippen molar-refractivity contribution in [3.05, 3.63) is 23.3 Å². The summed E-state index contributed by atoms with van der Waals surface area (Å²) in [7, 11) is 1.71. The predicted molar refractivity (Wildman–Crippen MR) is 67.9 cm³/mol. The molecule has 18 heavy (non-hydrogen) atoms. The molecule has 0 atom stereocenters. The molecule has 0 radical (unpaired) electrons. The average molecular weight is 249 g/mol. The summed E-state index contributed by atoms with van der Waals surface area (Å²) in [5.74, 6) is 1.82. The molecule has 3 rings (SSSR count). The minimum absolute atomic E-state index is 0.0854. The zero-order valence-electron chi connectivity index (χ0n) is 10.7. The Balaban J connectivity index is 2.07. The Morgan fingerprint density at radius 3 is 2.83 bits per heavy atom. The van der Waals surface area contributed by atoms with Crippen LogP contribution in [0.1, 0.15) is 30.4 Å². The highest BCUT2D eigenvalue weighted by Crippen LogP contribution is 2.48. The van der Waals surface area contributed by atoms with Gasteiger partial charge in [-0.2, -0.15) is 0 Å². The minimum Gasteiger partial charge on any atom is -0.496 e. The summed E-state index contributed by atoms with van der Waals surface area (Å²) < 4.78 is 16.4. The second-order valence-corrected chi connectivity index (χ2v) is 5.11. The van der Waals surface area contributed by atoms with E-state index in [2.05, 4.69) is 6.07 Å². The van der Waals surface area contributed by atoms with Crippen LogP contribution < -0.4 is 15.2 Å². The van der Waals surface area contributed by atoms with Gasteiger partial charge in [-0.15, -0.1) is 0 Å². The number of fused-ring (bicyclic) bond motifs is 1. The fourth-order valence-corrected chi connectivity index (χ4v) is 2.88. The lowest BCUT2D eigenvalue weighted by molar-refractivity contribution is -0.0167. The Morgan fingerprint density at radius 2 is 2.22 bits per heavy atom. The zero-order chi connectivity index (χ0) is 12.6. The molecule has 0 aromatic heterocycles. The first-order valence-electron chi connectivity index (χ1n) is 6.41. The molecule has 1 aromatic carbocycles. The van der Waals surface area contributed by atoms with Crippen LogP contribution in [0.5, 0.6) is 11.5 Å². The SMILES string of the molecule is COc1cc2c(cc1C1(CN)CCC1)OCOC2. The van der Waals surface area contributed by atoms with Crippen LogP contribution in [0.25, 0.3) is 0 Å². The van der Waals surface area contributed by atoms with Gasteiger partial charge >= 0.3 is 0 Å². The summed E-state index contributed by atoms with van der Waals surface area (Å²) in [5.41, 5.74) is 8.31. The molecule has 0 spiro atoms. The molecule has 1 aliphatic heterocycles. The molecule has 1 heterocycles. The van der Waals surface area contributed by atoms with Gasteiger partial charge in [-0.3, -0.25) is 0 Å². The van der Waals surface area contributed by atoms with E-state index in [9.17, 15) is 0 Å². The van der Waals surface area contributed by atoms with E-state index in [0.29, 0.717) is 19.9 Å². The quantitative estimate of drug-likeness (QED) is 0.889. The van der Waals surface area contributed by atoms with Gasteiger partial charge < -0.3 is 19.9 Å². The molecule has 0 unspecified atom stereocenters. The van der Waals surface area contributed by atoms with Gasteiger partial charge in [0.05, 0.1) is 13.7 Å². The van der Waals surface area contributed by atoms with Crippen LogP contribution in [0.4, 0.5) is 0 Å². The van der Waals surface area contributed by atoms with Crippen molar-refractivity contribution in [2.45, 2.75) is 31.3 Å². The van der Waals surface area contributed by atoms with E-state index in [0.717, 1.165) is 29.9 Å². The molecule has 1 aromatic rings. The first kappa shape index (κ1) is 11.8. The van der Waals surface area contributed by atoms with Gasteiger partial charge in [0, 0.05) is 23.1 Å². The molecule has 1 aliphatic carbocycles. The lowest BCUT2D eigenvalue weighted by Crippen LogP contribution is -2.41. The molecule has 0 amide bonds. The van der Waals surface area contributed by atoms with Gasteiger partial charge in [-0.25, -0.2) is 0 Å². The second kappa shape index (κ2) is 4.44. The number of hydrogen-bond donors (Lipinski definition) is 1. The van der Waals surface area contributed by atoms with E-state index in [4.69, 9.17) is 19.9 Å². The van der Waals surface area contributed by atoms with E-state index in [1.165, 1.54) is 12.0 Å². The van der Waals surface area contributed by atoms with Crippen LogP contribution in [0.2, 0.25) is 0 Å². The lowest BCUT2D eigenvalue weighted by Gasteiger charge is -2.42. The number of nitrogens with two attached hydrogens (primary N) is 1. The summed E-state index contributed by atoms with van der Waals surface area (Å²) in [6.45, 7) is 1.58. The molecule has 2 N–H and O–H groups in total. The van der Waals surface area contributed by atoms with Crippen molar-refractivity contribution < 1.29 is 14.2 Å². The Bertz CT molecular complexity index is 449. The van der Waals surface area contributed by atoms with Gasteiger partial charge in [0.1, 0.15) is 11.5 Å². The molecule has 1 saturated carbocycles. The number of hydrogen-bond acceptors (Lipinski definition) is 4. The topological polar surface area (TPSA) is 53.7 Å². The summed E-state index contributed by atoms with van der Waals surface area (Å²) >= 11 is 0. The highest BCUT2D eigenvalue weighted by Gasteiger charge is 2.40. The maximum Gasteiger partial charge on any atom is 0.189 e. The minimum atomic E-state index is 0.0854. The Hall–Kier alpha value is -1.26. The molecule has 4 heteroatoms. The average Bonchev–Trinajstić information content (AvgIpc) is 2.37. The first-order chi connectivity index (χ1) is 8.79. The predicted octanol–water partition coefficient (Wildman–Crippen LogP) is 1.94. The summed E-state index contributed by atoms with van der Waals surface area (Å²) in [6, 6.07) is 4.13. The van der Waals surface area contributed by atoms with Crippen molar-refractivity contribution in [1.29, 1.82) is 0 Å². The molecular formula is C14H19NO3. The van der Waals surface area contributed by atoms with Gasteiger partial charge in [0.2, 0.25) is 0 Å². The van der Waals surface area contributed by atoms with Gasteiger partial charge in [-0.1, -0.05) is 6.42 Å². The monoisotopic (exact) mass is 249 g/mol. The van der Waals surface area contributed by atoms with E-state index < -0.39 is 0 Å². The van der Waals surface area contributed by atoms with Crippen molar-refractivity contribution in [2.24, 2.45) is 5.73 Å². The second-order valence-electron chi connectivity index (χ2n) is 5.11. The van der Waals surface area contributed by atoms with Gasteiger partial charge in [0.15, 0.2) is 6.79 Å².